The number of benzene rings is 4. The SMILES string of the molecule is Cc1ccc2oc3ccc(C)nc3c2n1.Cc1ccc2oc3cnc(C)cc3c2c1.Cc1ccc2oc3ncc(C)nc3c2c1.Cc1cccc2c1sc1c(C)cncc12.Cc1cccc2c1sc1c(C)nccc12.Cc1cnc2oc3ccc(C)nc3c2c1.Cc1cnc2oc3cnc(C)cc3c2c1. The molecule has 0 aliphatic heterocycles. The molecule has 0 aliphatic rings. The molecule has 0 unspecified atom stereocenters. The van der Waals surface area contributed by atoms with Gasteiger partial charge in [-0.15, -0.1) is 22.7 Å². The molecular weight excluding hydrogens is 1340 g/mol. The average Bonchev–Trinajstić information content (AvgIpc) is 1.41. The monoisotopic (exact) mass is 1420 g/mol. The second-order valence-electron chi connectivity index (χ2n) is 26.7. The third-order valence-electron chi connectivity index (χ3n) is 18.1. The molecule has 0 bridgehead atoms. The number of hydrogen-bond acceptors (Lipinski definition) is 18. The van der Waals surface area contributed by atoms with Crippen LogP contribution in [-0.4, -0.2) is 54.8 Å². The molecule has 16 nitrogen and oxygen atoms in total. The smallest absolute Gasteiger partial charge is 0.246 e. The highest BCUT2D eigenvalue weighted by atomic mass is 32.1. The quantitative estimate of drug-likeness (QED) is 0.138. The lowest BCUT2D eigenvalue weighted by Crippen LogP contribution is -1.83. The second kappa shape index (κ2) is 28.5. The van der Waals surface area contributed by atoms with Gasteiger partial charge in [-0.2, -0.15) is 0 Å². The Kier molecular flexibility index (Phi) is 18.6. The molecule has 0 aliphatic carbocycles. The van der Waals surface area contributed by atoms with E-state index in [1.165, 1.54) is 73.5 Å². The second-order valence-corrected chi connectivity index (χ2v) is 28.7. The van der Waals surface area contributed by atoms with Crippen LogP contribution >= 0.6 is 22.7 Å². The molecule has 0 N–H and O–H groups in total. The van der Waals surface area contributed by atoms with E-state index in [1.807, 2.05) is 164 Å². The normalized spacial score (nSPS) is 11.3. The molecule has 0 spiro atoms. The molecule has 0 amide bonds. The summed E-state index contributed by atoms with van der Waals surface area (Å²) in [5.41, 5.74) is 27.0. The van der Waals surface area contributed by atoms with Crippen LogP contribution in [0.1, 0.15) is 78.8 Å². The fraction of sp³-hybridized carbons (Fsp3) is 0.161. The number of pyridine rings is 9. The fourth-order valence-electron chi connectivity index (χ4n) is 12.8. The third-order valence-corrected chi connectivity index (χ3v) is 21.0. The molecule has 21 aromatic rings. The third kappa shape index (κ3) is 14.0. The van der Waals surface area contributed by atoms with Crippen molar-refractivity contribution in [2.75, 3.05) is 0 Å². The Morgan fingerprint density at radius 3 is 1.33 bits per heavy atom. The Bertz CT molecular complexity index is 5700. The summed E-state index contributed by atoms with van der Waals surface area (Å²) < 4.78 is 33.6. The maximum atomic E-state index is 5.70. The Morgan fingerprint density at radius 2 is 0.695 bits per heavy atom. The van der Waals surface area contributed by atoms with Gasteiger partial charge < -0.3 is 22.1 Å². The molecule has 105 heavy (non-hydrogen) atoms. The van der Waals surface area contributed by atoms with Crippen molar-refractivity contribution < 1.29 is 22.1 Å². The van der Waals surface area contributed by atoms with Crippen LogP contribution in [0.2, 0.25) is 0 Å². The van der Waals surface area contributed by atoms with Gasteiger partial charge in [0.25, 0.3) is 0 Å². The van der Waals surface area contributed by atoms with Crippen LogP contribution in [0.4, 0.5) is 0 Å². The number of rotatable bonds is 0. The van der Waals surface area contributed by atoms with Crippen LogP contribution in [0.25, 0.3) is 151 Å². The van der Waals surface area contributed by atoms with Crippen LogP contribution in [0, 0.1) is 96.9 Å². The Hall–Kier alpha value is -12.3. The first-order valence-corrected chi connectivity index (χ1v) is 36.1. The Labute approximate surface area is 611 Å². The van der Waals surface area contributed by atoms with Gasteiger partial charge in [0.1, 0.15) is 33.2 Å². The Balaban J connectivity index is 0.0000000983. The number of nitrogens with zero attached hydrogens (tertiary/aromatic N) is 11. The maximum absolute atomic E-state index is 5.70. The van der Waals surface area contributed by atoms with Crippen molar-refractivity contribution in [3.05, 3.63) is 268 Å². The number of furan rings is 5. The lowest BCUT2D eigenvalue weighted by Gasteiger charge is -1.94. The van der Waals surface area contributed by atoms with E-state index in [4.69, 9.17) is 22.1 Å². The van der Waals surface area contributed by atoms with Crippen molar-refractivity contribution in [3.8, 4) is 0 Å². The van der Waals surface area contributed by atoms with Crippen molar-refractivity contribution in [3.63, 3.8) is 0 Å². The van der Waals surface area contributed by atoms with E-state index >= 15 is 0 Å². The number of fused-ring (bicyclic) bond motifs is 21. The molecule has 17 heterocycles. The van der Waals surface area contributed by atoms with Crippen molar-refractivity contribution in [2.45, 2.75) is 96.9 Å². The lowest BCUT2D eigenvalue weighted by molar-refractivity contribution is 0.651. The first-order chi connectivity index (χ1) is 50.7. The summed E-state index contributed by atoms with van der Waals surface area (Å²) in [4.78, 5) is 47.6. The summed E-state index contributed by atoms with van der Waals surface area (Å²) in [6.07, 6.45) is 14.7. The molecule has 518 valence electrons. The predicted octanol–water partition coefficient (Wildman–Crippen LogP) is 23.7. The highest BCUT2D eigenvalue weighted by Crippen LogP contribution is 2.39. The molecule has 4 aromatic carbocycles. The lowest BCUT2D eigenvalue weighted by atomic mass is 10.1. The zero-order valence-electron chi connectivity index (χ0n) is 60.7. The summed E-state index contributed by atoms with van der Waals surface area (Å²) in [5, 5.41) is 11.9. The fourth-order valence-corrected chi connectivity index (χ4v) is 15.3. The van der Waals surface area contributed by atoms with E-state index in [0.717, 1.165) is 139 Å². The van der Waals surface area contributed by atoms with Crippen LogP contribution in [0.3, 0.4) is 0 Å². The van der Waals surface area contributed by atoms with Crippen molar-refractivity contribution >= 4 is 174 Å². The summed E-state index contributed by atoms with van der Waals surface area (Å²) in [7, 11) is 0. The van der Waals surface area contributed by atoms with Crippen molar-refractivity contribution in [1.82, 2.24) is 54.8 Å². The summed E-state index contributed by atoms with van der Waals surface area (Å²) in [6.45, 7) is 28.5. The predicted molar refractivity (Wildman–Crippen MR) is 429 cm³/mol. The minimum absolute atomic E-state index is 0.612. The van der Waals surface area contributed by atoms with Crippen LogP contribution in [0.5, 0.6) is 0 Å². The van der Waals surface area contributed by atoms with Gasteiger partial charge >= 0.3 is 0 Å². The van der Waals surface area contributed by atoms with Gasteiger partial charge in [0.15, 0.2) is 27.9 Å². The van der Waals surface area contributed by atoms with Gasteiger partial charge in [-0.05, 0) is 216 Å². The van der Waals surface area contributed by atoms with E-state index < -0.39 is 0 Å². The van der Waals surface area contributed by atoms with Crippen LogP contribution < -0.4 is 0 Å². The highest BCUT2D eigenvalue weighted by molar-refractivity contribution is 7.26. The molecule has 18 heteroatoms. The van der Waals surface area contributed by atoms with E-state index in [9.17, 15) is 0 Å². The molecule has 0 saturated carbocycles. The molecule has 17 aromatic heterocycles. The van der Waals surface area contributed by atoms with Gasteiger partial charge in [-0.3, -0.25) is 19.9 Å². The van der Waals surface area contributed by atoms with Crippen molar-refractivity contribution in [2.24, 2.45) is 0 Å². The van der Waals surface area contributed by atoms with Gasteiger partial charge in [0.2, 0.25) is 17.1 Å². The van der Waals surface area contributed by atoms with E-state index in [-0.39, 0.29) is 0 Å². The van der Waals surface area contributed by atoms with Crippen LogP contribution in [0.15, 0.2) is 211 Å². The molecule has 0 saturated heterocycles. The minimum Gasteiger partial charge on any atom is -0.454 e. The van der Waals surface area contributed by atoms with Gasteiger partial charge in [0, 0.05) is 122 Å². The summed E-state index contributed by atoms with van der Waals surface area (Å²) in [6, 6.07) is 47.2. The first-order valence-electron chi connectivity index (χ1n) is 34.5. The van der Waals surface area contributed by atoms with E-state index in [1.54, 1.807) is 24.8 Å². The van der Waals surface area contributed by atoms with Gasteiger partial charge in [0.05, 0.1) is 40.1 Å². The summed E-state index contributed by atoms with van der Waals surface area (Å²) >= 11 is 3.73. The Morgan fingerprint density at radius 1 is 0.248 bits per heavy atom. The zero-order chi connectivity index (χ0) is 72.9. The summed E-state index contributed by atoms with van der Waals surface area (Å²) in [5.74, 6) is 0. The largest absolute Gasteiger partial charge is 0.454 e. The average molecular weight is 1420 g/mol. The maximum Gasteiger partial charge on any atom is 0.246 e. The van der Waals surface area contributed by atoms with Gasteiger partial charge in [-0.25, -0.2) is 34.9 Å². The van der Waals surface area contributed by atoms with E-state index in [0.29, 0.717) is 17.1 Å². The standard InChI is InChI=1S/C13H11NO.2C13H11NS.4C12H10N2O/c1-8-3-4-12-10(5-8)11-6-9(2)14-7-13(11)15-12;1-8-4-3-5-10-11-7-14-6-9(2)13(11)15-12(8)10;1-8-4-3-5-10-11-6-7-14-9(2)13(11)15-12(8)10;1-7-3-10-9-4-8(2)13-6-11(9)15-12(10)14-5-7;1-7-3-5-9-11(13-7)12-10(15-9)6-4-8(2)14-12;1-7-5-9-11-10(4-3-8(2)14-11)15-12(9)13-6-7;1-7-3-4-10-9(5-7)11-12(15-10)13-6-8(2)14-11/h3*3-7H,1-2H3;4*3-6H,1-2H3. The van der Waals surface area contributed by atoms with Crippen LogP contribution in [-0.2, 0) is 0 Å². The van der Waals surface area contributed by atoms with E-state index in [2.05, 4.69) is 175 Å². The molecule has 0 fully saturated rings. The highest BCUT2D eigenvalue weighted by Gasteiger charge is 2.15. The first kappa shape index (κ1) is 68.5. The number of aromatic nitrogens is 11. The molecular formula is C87H73N11O5S2. The topological polar surface area (TPSA) is 207 Å². The number of thiophene rings is 2. The molecule has 0 atom stereocenters. The molecule has 0 radical (unpaired) electrons. The molecule has 21 rings (SSSR count). The number of hydrogen-bond donors (Lipinski definition) is 0. The van der Waals surface area contributed by atoms with Gasteiger partial charge in [-0.1, -0.05) is 59.7 Å². The number of aryl methyl sites for hydroxylation is 14. The zero-order valence-corrected chi connectivity index (χ0v) is 62.3. The van der Waals surface area contributed by atoms with Crippen molar-refractivity contribution in [1.29, 1.82) is 0 Å². The minimum atomic E-state index is 0.612.